The predicted octanol–water partition coefficient (Wildman–Crippen LogP) is 1.98. The standard InChI is InChI=1S/C17H18N2O4S/c1-12(20)18-11-13-3-5-14(6-4-13)17(21)19-15-7-9-16(10-8-15)24(2,22)23/h3-10H,11H2,1-2H3,(H,18,20)(H,19,21). The van der Waals surface area contributed by atoms with Crippen LogP contribution in [0.2, 0.25) is 0 Å². The first kappa shape index (κ1) is 17.7. The Labute approximate surface area is 140 Å². The Morgan fingerprint density at radius 2 is 1.54 bits per heavy atom. The molecule has 0 radical (unpaired) electrons. The van der Waals surface area contributed by atoms with Crippen LogP contribution >= 0.6 is 0 Å². The lowest BCUT2D eigenvalue weighted by atomic mass is 10.1. The van der Waals surface area contributed by atoms with Gasteiger partial charge in [0.1, 0.15) is 0 Å². The first-order valence-corrected chi connectivity index (χ1v) is 9.10. The molecule has 6 nitrogen and oxygen atoms in total. The minimum atomic E-state index is -3.26. The highest BCUT2D eigenvalue weighted by atomic mass is 32.2. The summed E-state index contributed by atoms with van der Waals surface area (Å²) in [6.07, 6.45) is 1.13. The molecule has 2 N–H and O–H groups in total. The largest absolute Gasteiger partial charge is 0.352 e. The van der Waals surface area contributed by atoms with Crippen molar-refractivity contribution in [2.24, 2.45) is 0 Å². The maximum absolute atomic E-state index is 12.2. The van der Waals surface area contributed by atoms with E-state index in [-0.39, 0.29) is 16.7 Å². The van der Waals surface area contributed by atoms with Crippen molar-refractivity contribution in [3.8, 4) is 0 Å². The summed E-state index contributed by atoms with van der Waals surface area (Å²) in [6, 6.07) is 12.8. The third kappa shape index (κ3) is 4.92. The number of sulfone groups is 1. The van der Waals surface area contributed by atoms with Crippen LogP contribution in [0.4, 0.5) is 5.69 Å². The van der Waals surface area contributed by atoms with Gasteiger partial charge in [-0.1, -0.05) is 12.1 Å². The zero-order chi connectivity index (χ0) is 17.7. The number of carbonyl (C=O) groups is 2. The van der Waals surface area contributed by atoms with E-state index in [9.17, 15) is 18.0 Å². The number of amides is 2. The highest BCUT2D eigenvalue weighted by Crippen LogP contribution is 2.15. The average molecular weight is 346 g/mol. The van der Waals surface area contributed by atoms with E-state index in [0.717, 1.165) is 11.8 Å². The smallest absolute Gasteiger partial charge is 0.255 e. The van der Waals surface area contributed by atoms with Crippen molar-refractivity contribution in [3.63, 3.8) is 0 Å². The molecule has 0 aliphatic heterocycles. The molecule has 2 rings (SSSR count). The lowest BCUT2D eigenvalue weighted by Crippen LogP contribution is -2.19. The third-order valence-electron chi connectivity index (χ3n) is 3.30. The molecule has 24 heavy (non-hydrogen) atoms. The molecule has 0 fully saturated rings. The molecular formula is C17H18N2O4S. The normalized spacial score (nSPS) is 10.9. The molecule has 0 saturated heterocycles. The molecule has 0 spiro atoms. The van der Waals surface area contributed by atoms with Crippen LogP contribution in [-0.4, -0.2) is 26.5 Å². The molecule has 2 amide bonds. The molecule has 126 valence electrons. The van der Waals surface area contributed by atoms with E-state index in [4.69, 9.17) is 0 Å². The molecule has 2 aromatic rings. The van der Waals surface area contributed by atoms with Crippen LogP contribution in [0, 0.1) is 0 Å². The van der Waals surface area contributed by atoms with Crippen molar-refractivity contribution >= 4 is 27.3 Å². The van der Waals surface area contributed by atoms with E-state index in [2.05, 4.69) is 10.6 Å². The van der Waals surface area contributed by atoms with E-state index in [1.54, 1.807) is 36.4 Å². The number of hydrogen-bond donors (Lipinski definition) is 2. The second-order valence-corrected chi connectivity index (χ2v) is 7.37. The maximum Gasteiger partial charge on any atom is 0.255 e. The maximum atomic E-state index is 12.2. The quantitative estimate of drug-likeness (QED) is 0.866. The summed E-state index contributed by atoms with van der Waals surface area (Å²) in [6.45, 7) is 1.85. The molecule has 0 unspecified atom stereocenters. The number of benzene rings is 2. The van der Waals surface area contributed by atoms with Crippen LogP contribution in [-0.2, 0) is 21.2 Å². The Morgan fingerprint density at radius 3 is 2.04 bits per heavy atom. The van der Waals surface area contributed by atoms with Crippen LogP contribution in [0.25, 0.3) is 0 Å². The molecule has 0 atom stereocenters. The average Bonchev–Trinajstić information content (AvgIpc) is 2.53. The van der Waals surface area contributed by atoms with Crippen LogP contribution in [0.5, 0.6) is 0 Å². The number of hydrogen-bond acceptors (Lipinski definition) is 4. The summed E-state index contributed by atoms with van der Waals surface area (Å²) >= 11 is 0. The number of anilines is 1. The number of nitrogens with one attached hydrogen (secondary N) is 2. The van der Waals surface area contributed by atoms with E-state index < -0.39 is 9.84 Å². The second kappa shape index (κ2) is 7.27. The van der Waals surface area contributed by atoms with Crippen molar-refractivity contribution in [1.82, 2.24) is 5.32 Å². The molecule has 7 heteroatoms. The fraction of sp³-hybridized carbons (Fsp3) is 0.176. The van der Waals surface area contributed by atoms with Gasteiger partial charge in [0.05, 0.1) is 4.90 Å². The van der Waals surface area contributed by atoms with Crippen LogP contribution in [0.15, 0.2) is 53.4 Å². The van der Waals surface area contributed by atoms with Crippen molar-refractivity contribution < 1.29 is 18.0 Å². The van der Waals surface area contributed by atoms with E-state index in [1.165, 1.54) is 19.1 Å². The van der Waals surface area contributed by atoms with Crippen molar-refractivity contribution in [1.29, 1.82) is 0 Å². The van der Waals surface area contributed by atoms with Gasteiger partial charge in [-0.25, -0.2) is 8.42 Å². The van der Waals surface area contributed by atoms with Gasteiger partial charge in [-0.3, -0.25) is 9.59 Å². The van der Waals surface area contributed by atoms with Gasteiger partial charge in [-0.2, -0.15) is 0 Å². The fourth-order valence-corrected chi connectivity index (χ4v) is 2.62. The lowest BCUT2D eigenvalue weighted by molar-refractivity contribution is -0.119. The van der Waals surface area contributed by atoms with Crippen LogP contribution in [0.1, 0.15) is 22.8 Å². The minimum absolute atomic E-state index is 0.116. The van der Waals surface area contributed by atoms with Gasteiger partial charge in [0.2, 0.25) is 5.91 Å². The van der Waals surface area contributed by atoms with Crippen molar-refractivity contribution in [3.05, 3.63) is 59.7 Å². The topological polar surface area (TPSA) is 92.3 Å². The Hall–Kier alpha value is -2.67. The second-order valence-electron chi connectivity index (χ2n) is 5.36. The Balaban J connectivity index is 2.03. The van der Waals surface area contributed by atoms with Gasteiger partial charge in [-0.05, 0) is 42.0 Å². The van der Waals surface area contributed by atoms with Crippen molar-refractivity contribution in [2.45, 2.75) is 18.4 Å². The first-order valence-electron chi connectivity index (χ1n) is 7.20. The summed E-state index contributed by atoms with van der Waals surface area (Å²) in [5, 5.41) is 5.38. The van der Waals surface area contributed by atoms with E-state index in [0.29, 0.717) is 17.8 Å². The molecule has 0 bridgehead atoms. The Bertz CT molecular complexity index is 841. The SMILES string of the molecule is CC(=O)NCc1ccc(C(=O)Nc2ccc(S(C)(=O)=O)cc2)cc1. The lowest BCUT2D eigenvalue weighted by Gasteiger charge is -2.07. The Kier molecular flexibility index (Phi) is 5.35. The summed E-state index contributed by atoms with van der Waals surface area (Å²) in [7, 11) is -3.26. The summed E-state index contributed by atoms with van der Waals surface area (Å²) in [5.74, 6) is -0.414. The van der Waals surface area contributed by atoms with Gasteiger partial charge >= 0.3 is 0 Å². The number of carbonyl (C=O) groups excluding carboxylic acids is 2. The third-order valence-corrected chi connectivity index (χ3v) is 4.43. The molecule has 0 aromatic heterocycles. The van der Waals surface area contributed by atoms with Gasteiger partial charge in [0.15, 0.2) is 9.84 Å². The van der Waals surface area contributed by atoms with Gasteiger partial charge in [0.25, 0.3) is 5.91 Å². The first-order chi connectivity index (χ1) is 11.3. The van der Waals surface area contributed by atoms with Crippen molar-refractivity contribution in [2.75, 3.05) is 11.6 Å². The molecule has 0 aliphatic carbocycles. The highest BCUT2D eigenvalue weighted by Gasteiger charge is 2.09. The van der Waals surface area contributed by atoms with Crippen LogP contribution < -0.4 is 10.6 Å². The number of rotatable bonds is 5. The van der Waals surface area contributed by atoms with E-state index in [1.807, 2.05) is 0 Å². The predicted molar refractivity (Wildman–Crippen MR) is 91.5 cm³/mol. The van der Waals surface area contributed by atoms with Gasteiger partial charge < -0.3 is 10.6 Å². The highest BCUT2D eigenvalue weighted by molar-refractivity contribution is 7.90. The molecule has 0 heterocycles. The Morgan fingerprint density at radius 1 is 0.958 bits per heavy atom. The van der Waals surface area contributed by atoms with Gasteiger partial charge in [0, 0.05) is 31.0 Å². The summed E-state index contributed by atoms with van der Waals surface area (Å²) < 4.78 is 22.8. The zero-order valence-electron chi connectivity index (χ0n) is 13.4. The molecular weight excluding hydrogens is 328 g/mol. The molecule has 2 aromatic carbocycles. The molecule has 0 aliphatic rings. The fourth-order valence-electron chi connectivity index (χ4n) is 1.99. The van der Waals surface area contributed by atoms with Gasteiger partial charge in [-0.15, -0.1) is 0 Å². The van der Waals surface area contributed by atoms with E-state index >= 15 is 0 Å². The van der Waals surface area contributed by atoms with Crippen LogP contribution in [0.3, 0.4) is 0 Å². The zero-order valence-corrected chi connectivity index (χ0v) is 14.2. The molecule has 0 saturated carbocycles. The minimum Gasteiger partial charge on any atom is -0.352 e. The summed E-state index contributed by atoms with van der Waals surface area (Å²) in [4.78, 5) is 23.2. The summed E-state index contributed by atoms with van der Waals surface area (Å²) in [5.41, 5.74) is 1.86. The monoisotopic (exact) mass is 346 g/mol.